The molecule has 1 N–H and O–H groups in total. The number of carbonyl (C=O) groups excluding carboxylic acids is 2. The van der Waals surface area contributed by atoms with Crippen molar-refractivity contribution in [2.45, 2.75) is 19.5 Å². The minimum absolute atomic E-state index is 0.00132. The van der Waals surface area contributed by atoms with Gasteiger partial charge in [0.05, 0.1) is 11.0 Å². The van der Waals surface area contributed by atoms with Crippen LogP contribution in [0.2, 0.25) is 0 Å². The Bertz CT molecular complexity index is 1270. The van der Waals surface area contributed by atoms with Crippen LogP contribution < -0.4 is 5.32 Å². The number of imidazole rings is 1. The van der Waals surface area contributed by atoms with Gasteiger partial charge in [0.25, 0.3) is 5.91 Å². The van der Waals surface area contributed by atoms with Crippen LogP contribution in [0.15, 0.2) is 83.3 Å². The van der Waals surface area contributed by atoms with E-state index in [-0.39, 0.29) is 18.4 Å². The first-order valence-corrected chi connectivity index (χ1v) is 11.6. The number of halogens is 1. The summed E-state index contributed by atoms with van der Waals surface area (Å²) in [6.07, 6.45) is 0.518. The van der Waals surface area contributed by atoms with Crippen molar-refractivity contribution < 1.29 is 9.59 Å². The molecule has 0 bridgehead atoms. The van der Waals surface area contributed by atoms with E-state index in [0.29, 0.717) is 25.1 Å². The highest BCUT2D eigenvalue weighted by atomic mass is 79.9. The predicted octanol–water partition coefficient (Wildman–Crippen LogP) is 4.43. The third kappa shape index (κ3) is 5.68. The van der Waals surface area contributed by atoms with Gasteiger partial charge in [-0.1, -0.05) is 64.5 Å². The first-order valence-electron chi connectivity index (χ1n) is 10.8. The number of nitrogens with one attached hydrogen (secondary N) is 1. The molecule has 4 rings (SSSR count). The van der Waals surface area contributed by atoms with Gasteiger partial charge in [0, 0.05) is 36.6 Å². The SMILES string of the molecule is CN(Cc1ccccc1)C(=O)Cn1c(CCNC(=O)c2cccc(Br)c2)nc2ccccc21. The van der Waals surface area contributed by atoms with Crippen molar-refractivity contribution in [3.63, 3.8) is 0 Å². The van der Waals surface area contributed by atoms with Gasteiger partial charge < -0.3 is 14.8 Å². The average molecular weight is 505 g/mol. The average Bonchev–Trinajstić information content (AvgIpc) is 3.16. The topological polar surface area (TPSA) is 67.2 Å². The summed E-state index contributed by atoms with van der Waals surface area (Å²) in [4.78, 5) is 31.9. The Balaban J connectivity index is 1.46. The maximum Gasteiger partial charge on any atom is 0.251 e. The molecule has 6 nitrogen and oxygen atoms in total. The normalized spacial score (nSPS) is 10.8. The number of fused-ring (bicyclic) bond motifs is 1. The second-order valence-corrected chi connectivity index (χ2v) is 8.77. The van der Waals surface area contributed by atoms with Crippen molar-refractivity contribution in [1.29, 1.82) is 0 Å². The zero-order valence-corrected chi connectivity index (χ0v) is 20.0. The largest absolute Gasteiger partial charge is 0.352 e. The van der Waals surface area contributed by atoms with Gasteiger partial charge in [0.15, 0.2) is 0 Å². The predicted molar refractivity (Wildman–Crippen MR) is 133 cm³/mol. The highest BCUT2D eigenvalue weighted by molar-refractivity contribution is 9.10. The second-order valence-electron chi connectivity index (χ2n) is 7.85. The zero-order valence-electron chi connectivity index (χ0n) is 18.4. The fraction of sp³-hybridized carbons (Fsp3) is 0.192. The number of hydrogen-bond acceptors (Lipinski definition) is 3. The molecule has 3 aromatic carbocycles. The van der Waals surface area contributed by atoms with Crippen molar-refractivity contribution in [3.05, 3.63) is 100 Å². The second kappa shape index (κ2) is 10.4. The van der Waals surface area contributed by atoms with Crippen LogP contribution in [-0.2, 0) is 24.3 Å². The number of carbonyl (C=O) groups is 2. The lowest BCUT2D eigenvalue weighted by Gasteiger charge is -2.19. The van der Waals surface area contributed by atoms with Gasteiger partial charge in [-0.25, -0.2) is 4.98 Å². The van der Waals surface area contributed by atoms with E-state index in [9.17, 15) is 9.59 Å². The monoisotopic (exact) mass is 504 g/mol. The lowest BCUT2D eigenvalue weighted by molar-refractivity contribution is -0.131. The number of amides is 2. The molecule has 1 aromatic heterocycles. The Labute approximate surface area is 201 Å². The van der Waals surface area contributed by atoms with Crippen molar-refractivity contribution >= 4 is 38.8 Å². The summed E-state index contributed by atoms with van der Waals surface area (Å²) in [6, 6.07) is 25.0. The van der Waals surface area contributed by atoms with Crippen LogP contribution in [0, 0.1) is 0 Å². The van der Waals surface area contributed by atoms with E-state index >= 15 is 0 Å². The summed E-state index contributed by atoms with van der Waals surface area (Å²) in [5.74, 6) is 0.631. The van der Waals surface area contributed by atoms with Crippen molar-refractivity contribution in [2.75, 3.05) is 13.6 Å². The van der Waals surface area contributed by atoms with Crippen LogP contribution in [0.4, 0.5) is 0 Å². The zero-order chi connectivity index (χ0) is 23.2. The number of benzene rings is 3. The Hall–Kier alpha value is -3.45. The molecule has 0 unspecified atom stereocenters. The number of likely N-dealkylation sites (N-methyl/N-ethyl adjacent to an activating group) is 1. The molecule has 7 heteroatoms. The first-order chi connectivity index (χ1) is 16.0. The number of nitrogens with zero attached hydrogens (tertiary/aromatic N) is 3. The molecular weight excluding hydrogens is 480 g/mol. The van der Waals surface area contributed by atoms with Gasteiger partial charge in [-0.15, -0.1) is 0 Å². The molecule has 4 aromatic rings. The molecule has 0 aliphatic heterocycles. The summed E-state index contributed by atoms with van der Waals surface area (Å²) < 4.78 is 2.81. The van der Waals surface area contributed by atoms with E-state index in [1.807, 2.05) is 78.3 Å². The first kappa shape index (κ1) is 22.7. The van der Waals surface area contributed by atoms with Crippen LogP contribution >= 0.6 is 15.9 Å². The Kier molecular flexibility index (Phi) is 7.19. The third-order valence-corrected chi connectivity index (χ3v) is 5.93. The third-order valence-electron chi connectivity index (χ3n) is 5.44. The van der Waals surface area contributed by atoms with Crippen LogP contribution in [-0.4, -0.2) is 39.9 Å². The molecule has 0 aliphatic carbocycles. The summed E-state index contributed by atoms with van der Waals surface area (Å²) in [5, 5.41) is 2.95. The Morgan fingerprint density at radius 2 is 1.76 bits per heavy atom. The molecule has 33 heavy (non-hydrogen) atoms. The molecule has 0 atom stereocenters. The van der Waals surface area contributed by atoms with Crippen molar-refractivity contribution in [1.82, 2.24) is 19.8 Å². The molecule has 0 fully saturated rings. The van der Waals surface area contributed by atoms with E-state index in [4.69, 9.17) is 4.98 Å². The van der Waals surface area contributed by atoms with Crippen LogP contribution in [0.1, 0.15) is 21.7 Å². The molecule has 0 saturated carbocycles. The maximum absolute atomic E-state index is 13.0. The van der Waals surface area contributed by atoms with E-state index < -0.39 is 0 Å². The summed E-state index contributed by atoms with van der Waals surface area (Å²) >= 11 is 3.39. The van der Waals surface area contributed by atoms with E-state index in [1.165, 1.54) is 0 Å². The smallest absolute Gasteiger partial charge is 0.251 e. The van der Waals surface area contributed by atoms with Gasteiger partial charge in [-0.2, -0.15) is 0 Å². The minimum atomic E-state index is -0.141. The fourth-order valence-electron chi connectivity index (χ4n) is 3.71. The van der Waals surface area contributed by atoms with E-state index in [2.05, 4.69) is 21.2 Å². The molecule has 0 spiro atoms. The standard InChI is InChI=1S/C26H25BrN4O2/c1-30(17-19-8-3-2-4-9-19)25(32)18-31-23-13-6-5-12-22(23)29-24(31)14-15-28-26(33)20-10-7-11-21(27)16-20/h2-13,16H,14-15,17-18H2,1H3,(H,28,33). The van der Waals surface area contributed by atoms with Crippen LogP contribution in [0.25, 0.3) is 11.0 Å². The van der Waals surface area contributed by atoms with Gasteiger partial charge in [-0.05, 0) is 35.9 Å². The molecule has 0 saturated heterocycles. The van der Waals surface area contributed by atoms with Gasteiger partial charge in [0.1, 0.15) is 12.4 Å². The van der Waals surface area contributed by atoms with Crippen LogP contribution in [0.3, 0.4) is 0 Å². The Morgan fingerprint density at radius 3 is 2.55 bits per heavy atom. The molecule has 2 amide bonds. The Morgan fingerprint density at radius 1 is 1.00 bits per heavy atom. The number of hydrogen-bond donors (Lipinski definition) is 1. The highest BCUT2D eigenvalue weighted by Gasteiger charge is 2.17. The quantitative estimate of drug-likeness (QED) is 0.386. The summed E-state index contributed by atoms with van der Waals surface area (Å²) in [6.45, 7) is 1.16. The summed E-state index contributed by atoms with van der Waals surface area (Å²) in [7, 11) is 1.81. The van der Waals surface area contributed by atoms with E-state index in [0.717, 1.165) is 26.9 Å². The maximum atomic E-state index is 13.0. The molecular formula is C26H25BrN4O2. The molecule has 1 heterocycles. The van der Waals surface area contributed by atoms with E-state index in [1.54, 1.807) is 17.0 Å². The van der Waals surface area contributed by atoms with Crippen molar-refractivity contribution in [2.24, 2.45) is 0 Å². The fourth-order valence-corrected chi connectivity index (χ4v) is 4.11. The number of rotatable bonds is 8. The molecule has 0 radical (unpaired) electrons. The van der Waals surface area contributed by atoms with Gasteiger partial charge >= 0.3 is 0 Å². The van der Waals surface area contributed by atoms with Crippen LogP contribution in [0.5, 0.6) is 0 Å². The lowest BCUT2D eigenvalue weighted by Crippen LogP contribution is -2.31. The lowest BCUT2D eigenvalue weighted by atomic mass is 10.2. The van der Waals surface area contributed by atoms with Gasteiger partial charge in [0.2, 0.25) is 5.91 Å². The number of aromatic nitrogens is 2. The highest BCUT2D eigenvalue weighted by Crippen LogP contribution is 2.17. The molecule has 168 valence electrons. The minimum Gasteiger partial charge on any atom is -0.352 e. The summed E-state index contributed by atoms with van der Waals surface area (Å²) in [5.41, 5.74) is 3.42. The molecule has 0 aliphatic rings. The van der Waals surface area contributed by atoms with Gasteiger partial charge in [-0.3, -0.25) is 9.59 Å². The number of para-hydroxylation sites is 2. The van der Waals surface area contributed by atoms with Crippen molar-refractivity contribution in [3.8, 4) is 0 Å².